The van der Waals surface area contributed by atoms with Crippen molar-refractivity contribution in [3.05, 3.63) is 23.0 Å². The first-order valence-electron chi connectivity index (χ1n) is 6.46. The number of carboxylic acid groups (broad SMARTS) is 1. The second-order valence-corrected chi connectivity index (χ2v) is 5.20. The van der Waals surface area contributed by atoms with Gasteiger partial charge in [-0.1, -0.05) is 19.8 Å². The molecule has 1 unspecified atom stereocenters. The third-order valence-corrected chi connectivity index (χ3v) is 3.85. The number of aryl methyl sites for hydroxylation is 1. The van der Waals surface area contributed by atoms with E-state index < -0.39 is 5.97 Å². The van der Waals surface area contributed by atoms with Gasteiger partial charge in [0.1, 0.15) is 0 Å². The number of hydrogen-bond donors (Lipinski definition) is 1. The smallest absolute Gasteiger partial charge is 0.337 e. The van der Waals surface area contributed by atoms with Crippen LogP contribution in [-0.4, -0.2) is 15.6 Å². The fourth-order valence-electron chi connectivity index (χ4n) is 2.75. The molecular formula is C14H21NO2. The second-order valence-electron chi connectivity index (χ2n) is 5.20. The Bertz CT molecular complexity index is 430. The van der Waals surface area contributed by atoms with Gasteiger partial charge in [0.2, 0.25) is 0 Å². The molecule has 3 heteroatoms. The van der Waals surface area contributed by atoms with Gasteiger partial charge in [-0.3, -0.25) is 0 Å². The van der Waals surface area contributed by atoms with E-state index in [9.17, 15) is 4.79 Å². The van der Waals surface area contributed by atoms with Crippen LogP contribution in [0.25, 0.3) is 0 Å². The predicted molar refractivity (Wildman–Crippen MR) is 67.5 cm³/mol. The molecule has 0 bridgehead atoms. The van der Waals surface area contributed by atoms with Crippen molar-refractivity contribution in [3.8, 4) is 0 Å². The quantitative estimate of drug-likeness (QED) is 0.848. The molecule has 94 valence electrons. The third-order valence-electron chi connectivity index (χ3n) is 3.85. The molecule has 1 fully saturated rings. The van der Waals surface area contributed by atoms with Crippen LogP contribution in [0.5, 0.6) is 0 Å². The first kappa shape index (κ1) is 12.2. The van der Waals surface area contributed by atoms with Gasteiger partial charge >= 0.3 is 5.97 Å². The highest BCUT2D eigenvalue weighted by molar-refractivity contribution is 5.89. The summed E-state index contributed by atoms with van der Waals surface area (Å²) in [7, 11) is 0. The van der Waals surface area contributed by atoms with Crippen molar-refractivity contribution in [1.82, 2.24) is 4.57 Å². The van der Waals surface area contributed by atoms with E-state index in [-0.39, 0.29) is 0 Å². The Morgan fingerprint density at radius 2 is 2.18 bits per heavy atom. The molecule has 0 saturated heterocycles. The third kappa shape index (κ3) is 2.38. The highest BCUT2D eigenvalue weighted by Gasteiger charge is 2.27. The van der Waals surface area contributed by atoms with Gasteiger partial charge in [-0.05, 0) is 38.7 Å². The van der Waals surface area contributed by atoms with Crippen LogP contribution in [0.3, 0.4) is 0 Å². The molecule has 17 heavy (non-hydrogen) atoms. The summed E-state index contributed by atoms with van der Waals surface area (Å²) in [6, 6.07) is 2.27. The van der Waals surface area contributed by atoms with Gasteiger partial charge in [0.05, 0.1) is 5.56 Å². The first-order valence-corrected chi connectivity index (χ1v) is 6.46. The molecule has 1 heterocycles. The average molecular weight is 235 g/mol. The number of carbonyl (C=O) groups is 1. The lowest BCUT2D eigenvalue weighted by Gasteiger charge is -2.21. The molecule has 3 nitrogen and oxygen atoms in total. The van der Waals surface area contributed by atoms with E-state index in [1.54, 1.807) is 6.07 Å². The van der Waals surface area contributed by atoms with Gasteiger partial charge in [-0.15, -0.1) is 0 Å². The molecule has 2 rings (SSSR count). The summed E-state index contributed by atoms with van der Waals surface area (Å²) in [6.45, 7) is 6.12. The lowest BCUT2D eigenvalue weighted by atomic mass is 10.1. The van der Waals surface area contributed by atoms with Crippen molar-refractivity contribution in [2.45, 2.75) is 52.5 Å². The monoisotopic (exact) mass is 235 g/mol. The first-order chi connectivity index (χ1) is 8.04. The Kier molecular flexibility index (Phi) is 3.27. The number of nitrogens with zero attached hydrogens (tertiary/aromatic N) is 1. The van der Waals surface area contributed by atoms with Crippen molar-refractivity contribution in [3.63, 3.8) is 0 Å². The summed E-state index contributed by atoms with van der Waals surface area (Å²) in [5, 5.41) is 9.14. The standard InChI is InChI=1S/C14H21NO2/c1-4-12(8-11-5-6-11)15-9(2)7-13(10(15)3)14(16)17/h7,11-12H,4-6,8H2,1-3H3,(H,16,17). The minimum Gasteiger partial charge on any atom is -0.478 e. The molecule has 0 spiro atoms. The summed E-state index contributed by atoms with van der Waals surface area (Å²) in [4.78, 5) is 11.1. The number of rotatable bonds is 5. The van der Waals surface area contributed by atoms with Crippen molar-refractivity contribution in [2.24, 2.45) is 5.92 Å². The van der Waals surface area contributed by atoms with Crippen molar-refractivity contribution >= 4 is 5.97 Å². The van der Waals surface area contributed by atoms with Gasteiger partial charge < -0.3 is 9.67 Å². The van der Waals surface area contributed by atoms with Crippen LogP contribution in [0.15, 0.2) is 6.07 Å². The molecule has 1 aromatic heterocycles. The van der Waals surface area contributed by atoms with Gasteiger partial charge in [0.15, 0.2) is 0 Å². The summed E-state index contributed by atoms with van der Waals surface area (Å²) in [5.74, 6) is 0.0556. The summed E-state index contributed by atoms with van der Waals surface area (Å²) >= 11 is 0. The molecule has 1 saturated carbocycles. The van der Waals surface area contributed by atoms with Crippen LogP contribution < -0.4 is 0 Å². The molecule has 1 aromatic rings. The zero-order valence-electron chi connectivity index (χ0n) is 10.9. The molecule has 0 aliphatic heterocycles. The van der Waals surface area contributed by atoms with Crippen LogP contribution in [0.1, 0.15) is 60.4 Å². The molecule has 1 aliphatic carbocycles. The van der Waals surface area contributed by atoms with Gasteiger partial charge in [-0.2, -0.15) is 0 Å². The Balaban J connectivity index is 2.31. The second kappa shape index (κ2) is 4.55. The number of aromatic carboxylic acids is 1. The maximum Gasteiger partial charge on any atom is 0.337 e. The lowest BCUT2D eigenvalue weighted by Crippen LogP contribution is -2.13. The molecule has 0 amide bonds. The van der Waals surface area contributed by atoms with Crippen LogP contribution in [0.2, 0.25) is 0 Å². The maximum absolute atomic E-state index is 11.1. The van der Waals surface area contributed by atoms with E-state index >= 15 is 0 Å². The SMILES string of the molecule is CCC(CC1CC1)n1c(C)cc(C(=O)O)c1C. The van der Waals surface area contributed by atoms with E-state index in [0.717, 1.165) is 23.7 Å². The average Bonchev–Trinajstić information content (AvgIpc) is 3.03. The topological polar surface area (TPSA) is 42.2 Å². The molecule has 1 aliphatic rings. The molecule has 1 atom stereocenters. The van der Waals surface area contributed by atoms with Crippen molar-refractivity contribution in [2.75, 3.05) is 0 Å². The zero-order chi connectivity index (χ0) is 12.6. The van der Waals surface area contributed by atoms with Gasteiger partial charge in [0, 0.05) is 17.4 Å². The minimum atomic E-state index is -0.814. The summed E-state index contributed by atoms with van der Waals surface area (Å²) in [5.41, 5.74) is 2.44. The van der Waals surface area contributed by atoms with E-state index in [1.165, 1.54) is 19.3 Å². The molecule has 0 aromatic carbocycles. The number of aromatic nitrogens is 1. The molecule has 1 N–H and O–H groups in total. The maximum atomic E-state index is 11.1. The fourth-order valence-corrected chi connectivity index (χ4v) is 2.75. The van der Waals surface area contributed by atoms with Crippen LogP contribution >= 0.6 is 0 Å². The summed E-state index contributed by atoms with van der Waals surface area (Å²) < 4.78 is 2.22. The Morgan fingerprint density at radius 1 is 1.53 bits per heavy atom. The highest BCUT2D eigenvalue weighted by Crippen LogP contribution is 2.39. The van der Waals surface area contributed by atoms with E-state index in [0.29, 0.717) is 11.6 Å². The number of hydrogen-bond acceptors (Lipinski definition) is 1. The number of carboxylic acids is 1. The van der Waals surface area contributed by atoms with E-state index in [2.05, 4.69) is 11.5 Å². The van der Waals surface area contributed by atoms with Crippen LogP contribution in [-0.2, 0) is 0 Å². The van der Waals surface area contributed by atoms with E-state index in [1.807, 2.05) is 13.8 Å². The van der Waals surface area contributed by atoms with Gasteiger partial charge in [0.25, 0.3) is 0 Å². The highest BCUT2D eigenvalue weighted by atomic mass is 16.4. The normalized spacial score (nSPS) is 17.1. The lowest BCUT2D eigenvalue weighted by molar-refractivity contribution is 0.0696. The Labute approximate surface area is 102 Å². The van der Waals surface area contributed by atoms with Crippen molar-refractivity contribution < 1.29 is 9.90 Å². The Hall–Kier alpha value is -1.25. The Morgan fingerprint density at radius 3 is 2.59 bits per heavy atom. The predicted octanol–water partition coefficient (Wildman–Crippen LogP) is 3.55. The van der Waals surface area contributed by atoms with Crippen molar-refractivity contribution in [1.29, 1.82) is 0 Å². The van der Waals surface area contributed by atoms with Crippen LogP contribution in [0.4, 0.5) is 0 Å². The summed E-state index contributed by atoms with van der Waals surface area (Å²) in [6.07, 6.45) is 4.97. The van der Waals surface area contributed by atoms with Gasteiger partial charge in [-0.25, -0.2) is 4.79 Å². The van der Waals surface area contributed by atoms with E-state index in [4.69, 9.17) is 5.11 Å². The zero-order valence-corrected chi connectivity index (χ0v) is 10.9. The largest absolute Gasteiger partial charge is 0.478 e. The van der Waals surface area contributed by atoms with Crippen LogP contribution in [0, 0.1) is 19.8 Å². The molecule has 0 radical (unpaired) electrons. The fraction of sp³-hybridized carbons (Fsp3) is 0.643. The minimum absolute atomic E-state index is 0.455. The molecular weight excluding hydrogens is 214 g/mol.